The second-order valence-electron chi connectivity index (χ2n) is 6.76. The van der Waals surface area contributed by atoms with Gasteiger partial charge in [0, 0.05) is 48.4 Å². The second-order valence-corrected chi connectivity index (χ2v) is 7.61. The SMILES string of the molecule is Cn1c(-c2ccccc2Cl)nc2c1CCN(CC(=O)c1cccc(Cl)c1)C2. The summed E-state index contributed by atoms with van der Waals surface area (Å²) in [7, 11) is 2.03. The summed E-state index contributed by atoms with van der Waals surface area (Å²) in [5, 5.41) is 1.27. The van der Waals surface area contributed by atoms with Crippen LogP contribution in [0.15, 0.2) is 48.5 Å². The van der Waals surface area contributed by atoms with Crippen molar-refractivity contribution in [2.45, 2.75) is 13.0 Å². The lowest BCUT2D eigenvalue weighted by molar-refractivity contribution is 0.0920. The van der Waals surface area contributed by atoms with Crippen LogP contribution in [0.25, 0.3) is 11.4 Å². The minimum absolute atomic E-state index is 0.0724. The minimum atomic E-state index is 0.0724. The molecule has 0 saturated carbocycles. The molecular formula is C21H19Cl2N3O. The van der Waals surface area contributed by atoms with E-state index < -0.39 is 0 Å². The van der Waals surface area contributed by atoms with Crippen molar-refractivity contribution in [1.82, 2.24) is 14.5 Å². The van der Waals surface area contributed by atoms with Crippen molar-refractivity contribution < 1.29 is 4.79 Å². The van der Waals surface area contributed by atoms with Crippen molar-refractivity contribution in [3.63, 3.8) is 0 Å². The number of fused-ring (bicyclic) bond motifs is 1. The molecule has 6 heteroatoms. The van der Waals surface area contributed by atoms with Crippen LogP contribution in [0.4, 0.5) is 0 Å². The smallest absolute Gasteiger partial charge is 0.176 e. The fourth-order valence-electron chi connectivity index (χ4n) is 3.56. The maximum atomic E-state index is 12.6. The van der Waals surface area contributed by atoms with Crippen LogP contribution in [0.3, 0.4) is 0 Å². The highest BCUT2D eigenvalue weighted by atomic mass is 35.5. The topological polar surface area (TPSA) is 38.1 Å². The lowest BCUT2D eigenvalue weighted by Crippen LogP contribution is -2.35. The zero-order valence-corrected chi connectivity index (χ0v) is 16.5. The van der Waals surface area contributed by atoms with E-state index in [1.807, 2.05) is 31.3 Å². The molecule has 0 unspecified atom stereocenters. The van der Waals surface area contributed by atoms with Gasteiger partial charge >= 0.3 is 0 Å². The Labute approximate surface area is 168 Å². The van der Waals surface area contributed by atoms with Crippen molar-refractivity contribution in [3.05, 3.63) is 75.5 Å². The van der Waals surface area contributed by atoms with E-state index in [-0.39, 0.29) is 5.78 Å². The summed E-state index contributed by atoms with van der Waals surface area (Å²) >= 11 is 12.4. The molecule has 0 radical (unpaired) electrons. The average Bonchev–Trinajstić information content (AvgIpc) is 2.98. The van der Waals surface area contributed by atoms with Gasteiger partial charge in [-0.15, -0.1) is 0 Å². The number of carbonyl (C=O) groups is 1. The van der Waals surface area contributed by atoms with Gasteiger partial charge in [0.15, 0.2) is 5.78 Å². The Hall–Kier alpha value is -2.14. The van der Waals surface area contributed by atoms with Crippen molar-refractivity contribution in [3.8, 4) is 11.4 Å². The van der Waals surface area contributed by atoms with Gasteiger partial charge in [0.25, 0.3) is 0 Å². The van der Waals surface area contributed by atoms with E-state index in [0.717, 1.165) is 30.0 Å². The Morgan fingerprint density at radius 2 is 1.96 bits per heavy atom. The molecule has 1 aliphatic rings. The molecule has 27 heavy (non-hydrogen) atoms. The number of carbonyl (C=O) groups excluding carboxylic acids is 1. The highest BCUT2D eigenvalue weighted by Gasteiger charge is 2.25. The Morgan fingerprint density at radius 3 is 2.74 bits per heavy atom. The third-order valence-corrected chi connectivity index (χ3v) is 5.53. The molecule has 138 valence electrons. The molecule has 1 aromatic heterocycles. The number of imidazole rings is 1. The predicted octanol–water partition coefficient (Wildman–Crippen LogP) is 4.63. The Morgan fingerprint density at radius 1 is 1.15 bits per heavy atom. The molecule has 2 heterocycles. The van der Waals surface area contributed by atoms with Gasteiger partial charge in [0.1, 0.15) is 5.82 Å². The van der Waals surface area contributed by atoms with Gasteiger partial charge in [-0.1, -0.05) is 47.5 Å². The molecule has 0 N–H and O–H groups in total. The lowest BCUT2D eigenvalue weighted by Gasteiger charge is -2.25. The summed E-state index contributed by atoms with van der Waals surface area (Å²) in [6.45, 7) is 1.83. The number of nitrogens with zero attached hydrogens (tertiary/aromatic N) is 3. The van der Waals surface area contributed by atoms with Crippen LogP contribution >= 0.6 is 23.2 Å². The van der Waals surface area contributed by atoms with Crippen LogP contribution in [-0.2, 0) is 20.0 Å². The van der Waals surface area contributed by atoms with Crippen molar-refractivity contribution in [2.24, 2.45) is 7.05 Å². The van der Waals surface area contributed by atoms with Crippen LogP contribution in [-0.4, -0.2) is 33.3 Å². The van der Waals surface area contributed by atoms with Crippen molar-refractivity contribution in [2.75, 3.05) is 13.1 Å². The summed E-state index contributed by atoms with van der Waals surface area (Å²) in [6, 6.07) is 14.8. The van der Waals surface area contributed by atoms with Crippen LogP contribution in [0.1, 0.15) is 21.7 Å². The predicted molar refractivity (Wildman–Crippen MR) is 108 cm³/mol. The number of rotatable bonds is 4. The van der Waals surface area contributed by atoms with E-state index in [9.17, 15) is 4.79 Å². The molecular weight excluding hydrogens is 381 g/mol. The monoisotopic (exact) mass is 399 g/mol. The second kappa shape index (κ2) is 7.47. The van der Waals surface area contributed by atoms with Gasteiger partial charge in [0.05, 0.1) is 17.3 Å². The zero-order valence-electron chi connectivity index (χ0n) is 15.0. The molecule has 0 fully saturated rings. The fourth-order valence-corrected chi connectivity index (χ4v) is 3.97. The molecule has 0 atom stereocenters. The third kappa shape index (κ3) is 3.65. The van der Waals surface area contributed by atoms with Gasteiger partial charge in [-0.05, 0) is 24.3 Å². The summed E-state index contributed by atoms with van der Waals surface area (Å²) in [6.07, 6.45) is 0.853. The third-order valence-electron chi connectivity index (χ3n) is 4.96. The molecule has 2 aromatic carbocycles. The first kappa shape index (κ1) is 18.2. The van der Waals surface area contributed by atoms with Gasteiger partial charge in [-0.25, -0.2) is 4.98 Å². The first-order valence-corrected chi connectivity index (χ1v) is 9.59. The molecule has 0 aliphatic carbocycles. The van der Waals surface area contributed by atoms with E-state index in [4.69, 9.17) is 28.2 Å². The zero-order chi connectivity index (χ0) is 19.0. The summed E-state index contributed by atoms with van der Waals surface area (Å²) in [4.78, 5) is 19.5. The maximum Gasteiger partial charge on any atom is 0.176 e. The quantitative estimate of drug-likeness (QED) is 0.599. The molecule has 0 spiro atoms. The van der Waals surface area contributed by atoms with Crippen LogP contribution in [0.2, 0.25) is 10.0 Å². The first-order chi connectivity index (χ1) is 13.0. The Balaban J connectivity index is 1.55. The highest BCUT2D eigenvalue weighted by molar-refractivity contribution is 6.33. The number of benzene rings is 2. The van der Waals surface area contributed by atoms with Gasteiger partial charge in [-0.2, -0.15) is 0 Å². The molecule has 0 bridgehead atoms. The van der Waals surface area contributed by atoms with Crippen molar-refractivity contribution in [1.29, 1.82) is 0 Å². The van der Waals surface area contributed by atoms with E-state index in [1.165, 1.54) is 5.69 Å². The highest BCUT2D eigenvalue weighted by Crippen LogP contribution is 2.30. The molecule has 1 aliphatic heterocycles. The largest absolute Gasteiger partial charge is 0.331 e. The van der Waals surface area contributed by atoms with Crippen LogP contribution in [0, 0.1) is 0 Å². The maximum absolute atomic E-state index is 12.6. The number of hydrogen-bond acceptors (Lipinski definition) is 3. The average molecular weight is 400 g/mol. The van der Waals surface area contributed by atoms with Crippen LogP contribution in [0.5, 0.6) is 0 Å². The van der Waals surface area contributed by atoms with E-state index in [1.54, 1.807) is 24.3 Å². The lowest BCUT2D eigenvalue weighted by atomic mass is 10.1. The van der Waals surface area contributed by atoms with E-state index >= 15 is 0 Å². The van der Waals surface area contributed by atoms with E-state index in [2.05, 4.69) is 9.47 Å². The number of aromatic nitrogens is 2. The Kier molecular flexibility index (Phi) is 5.04. The van der Waals surface area contributed by atoms with E-state index in [0.29, 0.717) is 28.7 Å². The van der Waals surface area contributed by atoms with Crippen molar-refractivity contribution >= 4 is 29.0 Å². The molecule has 4 rings (SSSR count). The first-order valence-electron chi connectivity index (χ1n) is 8.83. The Bertz CT molecular complexity index is 1010. The molecule has 4 nitrogen and oxygen atoms in total. The standard InChI is InChI=1S/C21H19Cl2N3O/c1-25-19-9-10-26(13-20(27)14-5-4-6-15(22)11-14)12-18(19)24-21(25)16-7-2-3-8-17(16)23/h2-8,11H,9-10,12-13H2,1H3. The minimum Gasteiger partial charge on any atom is -0.331 e. The molecule has 3 aromatic rings. The van der Waals surface area contributed by atoms with Crippen LogP contribution < -0.4 is 0 Å². The van der Waals surface area contributed by atoms with Gasteiger partial charge in [-0.3, -0.25) is 9.69 Å². The van der Waals surface area contributed by atoms with Gasteiger partial charge in [0.2, 0.25) is 0 Å². The number of hydrogen-bond donors (Lipinski definition) is 0. The molecule has 0 amide bonds. The summed E-state index contributed by atoms with van der Waals surface area (Å²) < 4.78 is 2.12. The van der Waals surface area contributed by atoms with Gasteiger partial charge < -0.3 is 4.57 Å². The summed E-state index contributed by atoms with van der Waals surface area (Å²) in [5.41, 5.74) is 3.79. The number of halogens is 2. The summed E-state index contributed by atoms with van der Waals surface area (Å²) in [5.74, 6) is 0.942. The fraction of sp³-hybridized carbons (Fsp3) is 0.238. The normalized spacial score (nSPS) is 14.2. The molecule has 0 saturated heterocycles. The number of ketones is 1. The number of Topliss-reactive ketones (excluding diaryl/α,β-unsaturated/α-hetero) is 1.